The second-order valence-electron chi connectivity index (χ2n) is 4.71. The van der Waals surface area contributed by atoms with E-state index in [1.54, 1.807) is 24.3 Å². The number of hydrogen-bond acceptors (Lipinski definition) is 4. The average molecular weight is 339 g/mol. The van der Waals surface area contributed by atoms with E-state index in [1.165, 1.54) is 18.2 Å². The molecule has 0 aliphatic carbocycles. The quantitative estimate of drug-likeness (QED) is 0.765. The van der Waals surface area contributed by atoms with Gasteiger partial charge in [0.2, 0.25) is 10.0 Å². The van der Waals surface area contributed by atoms with E-state index in [0.29, 0.717) is 27.4 Å². The summed E-state index contributed by atoms with van der Waals surface area (Å²) in [4.78, 5) is 13.6. The highest BCUT2D eigenvalue weighted by Crippen LogP contribution is 2.19. The summed E-state index contributed by atoms with van der Waals surface area (Å²) in [7, 11) is -3.58. The van der Waals surface area contributed by atoms with E-state index in [0.717, 1.165) is 0 Å². The van der Waals surface area contributed by atoms with Gasteiger partial charge in [0, 0.05) is 5.02 Å². The molecule has 0 unspecified atom stereocenters. The van der Waals surface area contributed by atoms with Crippen molar-refractivity contribution in [2.45, 2.75) is 5.75 Å². The third-order valence-electron chi connectivity index (χ3n) is 2.96. The largest absolute Gasteiger partial charge is 0.417 e. The minimum atomic E-state index is -3.58. The molecule has 1 heterocycles. The van der Waals surface area contributed by atoms with E-state index < -0.39 is 15.8 Å². The summed E-state index contributed by atoms with van der Waals surface area (Å²) in [5, 5.41) is 0.545. The summed E-state index contributed by atoms with van der Waals surface area (Å²) < 4.78 is 31.6. The number of fused-ring (bicyclic) bond motifs is 1. The molecule has 0 atom stereocenters. The molecule has 3 rings (SSSR count). The third-order valence-corrected chi connectivity index (χ3v) is 4.47. The molecule has 0 bridgehead atoms. The molecule has 0 aliphatic heterocycles. The van der Waals surface area contributed by atoms with Crippen molar-refractivity contribution in [1.29, 1.82) is 0 Å². The van der Waals surface area contributed by atoms with E-state index >= 15 is 0 Å². The second-order valence-corrected chi connectivity index (χ2v) is 6.87. The molecule has 22 heavy (non-hydrogen) atoms. The van der Waals surface area contributed by atoms with Crippen LogP contribution in [0.2, 0.25) is 5.02 Å². The SMILES string of the molecule is O=c1[nH]c2cc(NS(=O)(=O)Cc3ccc(Cl)cc3)ccc2o1. The van der Waals surface area contributed by atoms with Crippen molar-refractivity contribution in [3.05, 3.63) is 63.6 Å². The number of H-pyrrole nitrogens is 1. The molecule has 8 heteroatoms. The zero-order chi connectivity index (χ0) is 15.7. The number of anilines is 1. The maximum atomic E-state index is 12.2. The van der Waals surface area contributed by atoms with Crippen LogP contribution in [0.25, 0.3) is 11.1 Å². The normalized spacial score (nSPS) is 11.7. The van der Waals surface area contributed by atoms with Crippen LogP contribution in [0, 0.1) is 0 Å². The number of oxazole rings is 1. The van der Waals surface area contributed by atoms with Crippen LogP contribution >= 0.6 is 11.6 Å². The maximum Gasteiger partial charge on any atom is 0.417 e. The number of aromatic amines is 1. The Balaban J connectivity index is 1.82. The van der Waals surface area contributed by atoms with E-state index in [2.05, 4.69) is 9.71 Å². The number of sulfonamides is 1. The van der Waals surface area contributed by atoms with E-state index in [1.807, 2.05) is 0 Å². The van der Waals surface area contributed by atoms with Crippen molar-refractivity contribution >= 4 is 38.4 Å². The van der Waals surface area contributed by atoms with Crippen molar-refractivity contribution in [3.8, 4) is 0 Å². The lowest BCUT2D eigenvalue weighted by Gasteiger charge is -2.08. The number of aromatic nitrogens is 1. The van der Waals surface area contributed by atoms with Crippen LogP contribution in [0.3, 0.4) is 0 Å². The van der Waals surface area contributed by atoms with Gasteiger partial charge in [-0.25, -0.2) is 13.2 Å². The fourth-order valence-electron chi connectivity index (χ4n) is 2.03. The van der Waals surface area contributed by atoms with E-state index in [4.69, 9.17) is 16.0 Å². The molecule has 6 nitrogen and oxygen atoms in total. The number of hydrogen-bond donors (Lipinski definition) is 2. The Labute approximate surface area is 130 Å². The lowest BCUT2D eigenvalue weighted by atomic mass is 10.2. The highest BCUT2D eigenvalue weighted by Gasteiger charge is 2.13. The Hall–Kier alpha value is -2.25. The van der Waals surface area contributed by atoms with Gasteiger partial charge >= 0.3 is 5.76 Å². The first-order valence-electron chi connectivity index (χ1n) is 6.29. The first kappa shape index (κ1) is 14.7. The van der Waals surface area contributed by atoms with Crippen LogP contribution < -0.4 is 10.5 Å². The molecule has 0 fully saturated rings. The Morgan fingerprint density at radius 2 is 1.86 bits per heavy atom. The first-order valence-corrected chi connectivity index (χ1v) is 8.32. The number of benzene rings is 2. The van der Waals surface area contributed by atoms with Crippen molar-refractivity contribution in [2.24, 2.45) is 0 Å². The minimum Gasteiger partial charge on any atom is -0.408 e. The zero-order valence-electron chi connectivity index (χ0n) is 11.2. The van der Waals surface area contributed by atoms with Gasteiger partial charge < -0.3 is 4.42 Å². The van der Waals surface area contributed by atoms with Gasteiger partial charge in [-0.15, -0.1) is 0 Å². The zero-order valence-corrected chi connectivity index (χ0v) is 12.7. The van der Waals surface area contributed by atoms with Crippen LogP contribution in [0.5, 0.6) is 0 Å². The highest BCUT2D eigenvalue weighted by molar-refractivity contribution is 7.91. The molecular weight excluding hydrogens is 328 g/mol. The molecule has 2 aromatic carbocycles. The molecule has 0 spiro atoms. The van der Waals surface area contributed by atoms with Gasteiger partial charge in [-0.05, 0) is 35.9 Å². The fourth-order valence-corrected chi connectivity index (χ4v) is 3.35. The minimum absolute atomic E-state index is 0.176. The monoisotopic (exact) mass is 338 g/mol. The third kappa shape index (κ3) is 3.32. The van der Waals surface area contributed by atoms with Crippen molar-refractivity contribution in [2.75, 3.05) is 4.72 Å². The highest BCUT2D eigenvalue weighted by atomic mass is 35.5. The smallest absolute Gasteiger partial charge is 0.408 e. The predicted molar refractivity (Wildman–Crippen MR) is 84.5 cm³/mol. The van der Waals surface area contributed by atoms with Gasteiger partial charge in [0.25, 0.3) is 0 Å². The van der Waals surface area contributed by atoms with Crippen LogP contribution in [0.4, 0.5) is 5.69 Å². The first-order chi connectivity index (χ1) is 10.4. The number of rotatable bonds is 4. The van der Waals surface area contributed by atoms with Crippen LogP contribution in [-0.2, 0) is 15.8 Å². The Bertz CT molecular complexity index is 974. The van der Waals surface area contributed by atoms with Gasteiger partial charge in [-0.3, -0.25) is 9.71 Å². The number of halogens is 1. The van der Waals surface area contributed by atoms with Crippen molar-refractivity contribution in [3.63, 3.8) is 0 Å². The lowest BCUT2D eigenvalue weighted by Crippen LogP contribution is -2.15. The van der Waals surface area contributed by atoms with Gasteiger partial charge in [-0.2, -0.15) is 0 Å². The number of nitrogens with one attached hydrogen (secondary N) is 2. The van der Waals surface area contributed by atoms with E-state index in [-0.39, 0.29) is 5.75 Å². The Morgan fingerprint density at radius 1 is 1.14 bits per heavy atom. The molecule has 0 aliphatic rings. The molecule has 1 aromatic heterocycles. The summed E-state index contributed by atoms with van der Waals surface area (Å²) >= 11 is 5.77. The Morgan fingerprint density at radius 3 is 2.59 bits per heavy atom. The molecule has 2 N–H and O–H groups in total. The molecule has 0 saturated heterocycles. The average Bonchev–Trinajstić information content (AvgIpc) is 2.80. The van der Waals surface area contributed by atoms with Gasteiger partial charge in [0.1, 0.15) is 0 Å². The predicted octanol–water partition coefficient (Wildman–Crippen LogP) is 2.72. The van der Waals surface area contributed by atoms with Gasteiger partial charge in [0.05, 0.1) is 17.0 Å². The summed E-state index contributed by atoms with van der Waals surface area (Å²) in [6, 6.07) is 11.1. The summed E-state index contributed by atoms with van der Waals surface area (Å²) in [6.45, 7) is 0. The maximum absolute atomic E-state index is 12.2. The van der Waals surface area contributed by atoms with Gasteiger partial charge in [0.15, 0.2) is 5.58 Å². The summed E-state index contributed by atoms with van der Waals surface area (Å²) in [6.07, 6.45) is 0. The fraction of sp³-hybridized carbons (Fsp3) is 0.0714. The molecule has 3 aromatic rings. The molecular formula is C14H11ClN2O4S. The molecule has 0 radical (unpaired) electrons. The standard InChI is InChI=1S/C14H11ClN2O4S/c15-10-3-1-9(2-4-10)8-22(19,20)17-11-5-6-13-12(7-11)16-14(18)21-13/h1-7,17H,8H2,(H,16,18). The summed E-state index contributed by atoms with van der Waals surface area (Å²) in [5.74, 6) is -0.763. The van der Waals surface area contributed by atoms with Gasteiger partial charge in [-0.1, -0.05) is 23.7 Å². The van der Waals surface area contributed by atoms with Crippen LogP contribution in [0.15, 0.2) is 51.7 Å². The lowest BCUT2D eigenvalue weighted by molar-refractivity contribution is 0.555. The van der Waals surface area contributed by atoms with E-state index in [9.17, 15) is 13.2 Å². The van der Waals surface area contributed by atoms with Crippen molar-refractivity contribution in [1.82, 2.24) is 4.98 Å². The topological polar surface area (TPSA) is 92.2 Å². The molecule has 0 saturated carbocycles. The Kier molecular flexibility index (Phi) is 3.67. The molecule has 0 amide bonds. The van der Waals surface area contributed by atoms with Crippen molar-refractivity contribution < 1.29 is 12.8 Å². The second kappa shape index (κ2) is 5.51. The van der Waals surface area contributed by atoms with Crippen LogP contribution in [-0.4, -0.2) is 13.4 Å². The summed E-state index contributed by atoms with van der Waals surface area (Å²) in [5.41, 5.74) is 1.76. The van der Waals surface area contributed by atoms with Crippen LogP contribution in [0.1, 0.15) is 5.56 Å². The molecule has 114 valence electrons.